The van der Waals surface area contributed by atoms with Crippen LogP contribution in [-0.2, 0) is 12.4 Å². The Morgan fingerprint density at radius 2 is 2.33 bits per heavy atom. The van der Waals surface area contributed by atoms with Gasteiger partial charge >= 0.3 is 0 Å². The molecule has 0 aliphatic heterocycles. The van der Waals surface area contributed by atoms with Crippen molar-refractivity contribution in [2.45, 2.75) is 32.2 Å². The molecule has 1 heterocycles. The van der Waals surface area contributed by atoms with Crippen LogP contribution in [0.5, 0.6) is 0 Å². The molecule has 1 rings (SSSR count). The quantitative estimate of drug-likeness (QED) is 0.697. The zero-order chi connectivity index (χ0) is 8.10. The van der Waals surface area contributed by atoms with Gasteiger partial charge in [-0.2, -0.15) is 5.10 Å². The van der Waals surface area contributed by atoms with Crippen LogP contribution in [0.1, 0.15) is 25.5 Å². The zero-order valence-electron chi connectivity index (χ0n) is 7.16. The summed E-state index contributed by atoms with van der Waals surface area (Å²) in [5, 5.41) is 4.16. The minimum Gasteiger partial charge on any atom is -0.268 e. The summed E-state index contributed by atoms with van der Waals surface area (Å²) in [6.07, 6.45) is 4.17. The van der Waals surface area contributed by atoms with Crippen LogP contribution in [0.4, 0.5) is 0 Å². The van der Waals surface area contributed by atoms with Crippen molar-refractivity contribution in [3.8, 4) is 0 Å². The van der Waals surface area contributed by atoms with Gasteiger partial charge in [0.2, 0.25) is 0 Å². The Balaban J connectivity index is 0.00000121. The Bertz CT molecular complexity index is 211. The Kier molecular flexibility index (Phi) is 6.21. The minimum absolute atomic E-state index is 0. The molecule has 70 valence electrons. The first kappa shape index (κ1) is 11.8. The van der Waals surface area contributed by atoms with Crippen molar-refractivity contribution in [2.75, 3.05) is 0 Å². The largest absolute Gasteiger partial charge is 0.268 e. The fourth-order valence-corrected chi connectivity index (χ4v) is 1.21. The lowest BCUT2D eigenvalue weighted by Crippen LogP contribution is -2.02. The molecule has 12 heavy (non-hydrogen) atoms. The molecular formula is C8H14Cl2N2. The van der Waals surface area contributed by atoms with Crippen LogP contribution in [0.2, 0.25) is 0 Å². The summed E-state index contributed by atoms with van der Waals surface area (Å²) >= 11 is 5.69. The van der Waals surface area contributed by atoms with E-state index in [1.807, 2.05) is 10.7 Å². The molecule has 0 saturated heterocycles. The molecule has 0 radical (unpaired) electrons. The van der Waals surface area contributed by atoms with E-state index in [9.17, 15) is 0 Å². The van der Waals surface area contributed by atoms with E-state index in [0.717, 1.165) is 12.2 Å². The maximum atomic E-state index is 5.69. The lowest BCUT2D eigenvalue weighted by atomic mass is 10.3. The molecule has 0 bridgehead atoms. The van der Waals surface area contributed by atoms with Crippen molar-refractivity contribution in [1.82, 2.24) is 9.78 Å². The molecule has 0 fully saturated rings. The van der Waals surface area contributed by atoms with E-state index in [-0.39, 0.29) is 12.4 Å². The molecule has 0 spiro atoms. The summed E-state index contributed by atoms with van der Waals surface area (Å²) in [5.41, 5.74) is 1.11. The van der Waals surface area contributed by atoms with Gasteiger partial charge in [-0.1, -0.05) is 13.3 Å². The summed E-state index contributed by atoms with van der Waals surface area (Å²) in [6, 6.07) is 1.96. The van der Waals surface area contributed by atoms with Gasteiger partial charge in [-0.15, -0.1) is 24.0 Å². The summed E-state index contributed by atoms with van der Waals surface area (Å²) in [6.45, 7) is 3.16. The number of alkyl halides is 1. The Morgan fingerprint density at radius 1 is 1.58 bits per heavy atom. The topological polar surface area (TPSA) is 17.8 Å². The molecule has 4 heteroatoms. The van der Waals surface area contributed by atoms with Gasteiger partial charge in [-0.3, -0.25) is 4.68 Å². The number of halogens is 2. The predicted octanol–water partition coefficient (Wildman–Crippen LogP) is 2.84. The van der Waals surface area contributed by atoms with Crippen LogP contribution < -0.4 is 0 Å². The van der Waals surface area contributed by atoms with Crippen molar-refractivity contribution < 1.29 is 0 Å². The van der Waals surface area contributed by atoms with Crippen LogP contribution >= 0.6 is 24.0 Å². The standard InChI is InChI=1S/C8H13ClN2.ClH/c1-2-3-6-11-8(7-9)4-5-10-11;/h4-5H,2-3,6-7H2,1H3;1H. The van der Waals surface area contributed by atoms with Crippen LogP contribution in [-0.4, -0.2) is 9.78 Å². The van der Waals surface area contributed by atoms with Crippen LogP contribution in [0, 0.1) is 0 Å². The summed E-state index contributed by atoms with van der Waals surface area (Å²) in [5.74, 6) is 0.559. The second kappa shape index (κ2) is 6.32. The molecule has 0 N–H and O–H groups in total. The molecule has 0 saturated carbocycles. The average molecular weight is 209 g/mol. The summed E-state index contributed by atoms with van der Waals surface area (Å²) < 4.78 is 1.97. The van der Waals surface area contributed by atoms with Crippen LogP contribution in [0.3, 0.4) is 0 Å². The summed E-state index contributed by atoms with van der Waals surface area (Å²) in [4.78, 5) is 0. The van der Waals surface area contributed by atoms with Crippen molar-refractivity contribution in [3.63, 3.8) is 0 Å². The van der Waals surface area contributed by atoms with Gasteiger partial charge in [0.25, 0.3) is 0 Å². The van der Waals surface area contributed by atoms with Gasteiger partial charge in [0.1, 0.15) is 0 Å². The van der Waals surface area contributed by atoms with Crippen molar-refractivity contribution in [1.29, 1.82) is 0 Å². The average Bonchev–Trinajstić information content (AvgIpc) is 2.47. The first-order valence-electron chi connectivity index (χ1n) is 3.95. The predicted molar refractivity (Wildman–Crippen MR) is 53.9 cm³/mol. The monoisotopic (exact) mass is 208 g/mol. The van der Waals surface area contributed by atoms with Gasteiger partial charge in [-0.05, 0) is 12.5 Å². The summed E-state index contributed by atoms with van der Waals surface area (Å²) in [7, 11) is 0. The fourth-order valence-electron chi connectivity index (χ4n) is 0.983. The lowest BCUT2D eigenvalue weighted by molar-refractivity contribution is 0.557. The number of rotatable bonds is 4. The second-order valence-electron chi connectivity index (χ2n) is 2.53. The molecule has 0 unspecified atom stereocenters. The molecule has 1 aromatic rings. The Morgan fingerprint density at radius 3 is 2.92 bits per heavy atom. The van der Waals surface area contributed by atoms with Crippen LogP contribution in [0.15, 0.2) is 12.3 Å². The van der Waals surface area contributed by atoms with E-state index in [1.165, 1.54) is 12.8 Å². The van der Waals surface area contributed by atoms with E-state index in [4.69, 9.17) is 11.6 Å². The van der Waals surface area contributed by atoms with E-state index in [0.29, 0.717) is 5.88 Å². The molecule has 0 aromatic carbocycles. The zero-order valence-corrected chi connectivity index (χ0v) is 8.74. The highest BCUT2D eigenvalue weighted by molar-refractivity contribution is 6.16. The molecular weight excluding hydrogens is 195 g/mol. The smallest absolute Gasteiger partial charge is 0.0644 e. The van der Waals surface area contributed by atoms with Gasteiger partial charge in [0, 0.05) is 12.7 Å². The molecule has 0 aliphatic rings. The minimum atomic E-state index is 0. The maximum Gasteiger partial charge on any atom is 0.0644 e. The highest BCUT2D eigenvalue weighted by atomic mass is 35.5. The Labute approximate surface area is 84.3 Å². The number of nitrogens with zero attached hydrogens (tertiary/aromatic N) is 2. The number of aryl methyl sites for hydroxylation is 1. The normalized spacial score (nSPS) is 9.50. The molecule has 0 aliphatic carbocycles. The highest BCUT2D eigenvalue weighted by Crippen LogP contribution is 2.04. The van der Waals surface area contributed by atoms with E-state index in [1.54, 1.807) is 6.20 Å². The first-order valence-corrected chi connectivity index (χ1v) is 4.48. The van der Waals surface area contributed by atoms with Crippen molar-refractivity contribution in [3.05, 3.63) is 18.0 Å². The van der Waals surface area contributed by atoms with E-state index in [2.05, 4.69) is 12.0 Å². The lowest BCUT2D eigenvalue weighted by Gasteiger charge is -2.02. The number of hydrogen-bond donors (Lipinski definition) is 0. The second-order valence-corrected chi connectivity index (χ2v) is 2.80. The van der Waals surface area contributed by atoms with Crippen molar-refractivity contribution >= 4 is 24.0 Å². The Hall–Kier alpha value is -0.210. The molecule has 0 atom stereocenters. The van der Waals surface area contributed by atoms with E-state index >= 15 is 0 Å². The third kappa shape index (κ3) is 3.03. The van der Waals surface area contributed by atoms with Crippen molar-refractivity contribution in [2.24, 2.45) is 0 Å². The van der Waals surface area contributed by atoms with Crippen LogP contribution in [0.25, 0.3) is 0 Å². The number of unbranched alkanes of at least 4 members (excludes halogenated alkanes) is 1. The number of hydrogen-bond acceptors (Lipinski definition) is 1. The van der Waals surface area contributed by atoms with Gasteiger partial charge in [0.15, 0.2) is 0 Å². The maximum absolute atomic E-state index is 5.69. The molecule has 1 aromatic heterocycles. The SMILES string of the molecule is CCCCn1nccc1CCl.Cl. The van der Waals surface area contributed by atoms with E-state index < -0.39 is 0 Å². The third-order valence-corrected chi connectivity index (χ3v) is 1.94. The van der Waals surface area contributed by atoms with Gasteiger partial charge < -0.3 is 0 Å². The molecule has 2 nitrogen and oxygen atoms in total. The third-order valence-electron chi connectivity index (χ3n) is 1.66. The molecule has 0 amide bonds. The number of aromatic nitrogens is 2. The first-order chi connectivity index (χ1) is 5.38. The van der Waals surface area contributed by atoms with Gasteiger partial charge in [-0.25, -0.2) is 0 Å². The fraction of sp³-hybridized carbons (Fsp3) is 0.625. The highest BCUT2D eigenvalue weighted by Gasteiger charge is 1.98. The van der Waals surface area contributed by atoms with Gasteiger partial charge in [0.05, 0.1) is 11.6 Å².